The lowest BCUT2D eigenvalue weighted by Gasteiger charge is -2.46. The second kappa shape index (κ2) is 24.6. The minimum atomic E-state index is -1.10. The summed E-state index contributed by atoms with van der Waals surface area (Å²) >= 11 is 6.10. The topological polar surface area (TPSA) is 183 Å². The van der Waals surface area contributed by atoms with Crippen LogP contribution in [0.4, 0.5) is 4.39 Å². The van der Waals surface area contributed by atoms with Crippen LogP contribution in [0.25, 0.3) is 21.5 Å². The average molecular weight is 1050 g/mol. The Morgan fingerprint density at radius 1 is 0.671 bits per heavy atom. The number of rotatable bonds is 19. The Balaban J connectivity index is 1.15. The molecule has 2 aliphatic rings. The number of amides is 6. The number of fused-ring (bicyclic) bond motifs is 2. The van der Waals surface area contributed by atoms with Gasteiger partial charge in [-0.2, -0.15) is 0 Å². The molecule has 6 aromatic carbocycles. The zero-order valence-electron chi connectivity index (χ0n) is 43.6. The van der Waals surface area contributed by atoms with Gasteiger partial charge in [0.2, 0.25) is 29.5 Å². The third kappa shape index (κ3) is 12.2. The van der Waals surface area contributed by atoms with Crippen molar-refractivity contribution in [3.63, 3.8) is 0 Å². The first-order chi connectivity index (χ1) is 36.6. The Morgan fingerprint density at radius 2 is 1.21 bits per heavy atom. The molecular formula is C60H68ClFN8O6. The zero-order valence-corrected chi connectivity index (χ0v) is 44.4. The van der Waals surface area contributed by atoms with Crippen molar-refractivity contribution in [2.24, 2.45) is 17.4 Å². The van der Waals surface area contributed by atoms with Gasteiger partial charge in [0, 0.05) is 38.8 Å². The molecule has 2 fully saturated rings. The molecule has 6 aromatic rings. The minimum Gasteiger partial charge on any atom is -0.357 e. The molecule has 0 aliphatic carbocycles. The fourth-order valence-corrected chi connectivity index (χ4v) is 11.3. The summed E-state index contributed by atoms with van der Waals surface area (Å²) in [5, 5.41) is 10.0. The number of benzene rings is 6. The van der Waals surface area contributed by atoms with E-state index in [4.69, 9.17) is 23.1 Å². The second-order valence-corrected chi connectivity index (χ2v) is 20.5. The Bertz CT molecular complexity index is 3070. The minimum absolute atomic E-state index is 0.00221. The van der Waals surface area contributed by atoms with E-state index in [9.17, 15) is 23.6 Å². The molecule has 0 aromatic heterocycles. The molecule has 0 saturated carbocycles. The first kappa shape index (κ1) is 55.0. The molecule has 0 radical (unpaired) electrons. The van der Waals surface area contributed by atoms with Gasteiger partial charge in [0.15, 0.2) is 0 Å². The van der Waals surface area contributed by atoms with Gasteiger partial charge < -0.3 is 31.5 Å². The van der Waals surface area contributed by atoms with E-state index in [1.807, 2.05) is 105 Å². The van der Waals surface area contributed by atoms with Gasteiger partial charge in [0.25, 0.3) is 5.91 Å². The van der Waals surface area contributed by atoms with Gasteiger partial charge in [-0.05, 0) is 113 Å². The summed E-state index contributed by atoms with van der Waals surface area (Å²) in [4.78, 5) is 93.0. The van der Waals surface area contributed by atoms with Crippen LogP contribution in [0.15, 0.2) is 133 Å². The van der Waals surface area contributed by atoms with E-state index in [-0.39, 0.29) is 64.2 Å². The molecule has 5 N–H and O–H groups in total. The van der Waals surface area contributed by atoms with Crippen molar-refractivity contribution in [1.29, 1.82) is 0 Å². The van der Waals surface area contributed by atoms with Crippen LogP contribution in [-0.4, -0.2) is 131 Å². The molecule has 7 unspecified atom stereocenters. The molecular weight excluding hydrogens is 983 g/mol. The lowest BCUT2D eigenvalue weighted by atomic mass is 9.76. The van der Waals surface area contributed by atoms with Crippen LogP contribution in [-0.2, 0) is 48.0 Å². The Labute approximate surface area is 449 Å². The Hall–Kier alpha value is -7.20. The number of hydrogen-bond donors (Lipinski definition) is 3. The van der Waals surface area contributed by atoms with Gasteiger partial charge >= 0.3 is 0 Å². The van der Waals surface area contributed by atoms with Crippen LogP contribution in [0, 0.1) is 11.7 Å². The summed E-state index contributed by atoms with van der Waals surface area (Å²) in [6.45, 7) is 4.00. The number of halogens is 2. The number of nitrogens with two attached hydrogens (primary N) is 2. The molecule has 76 heavy (non-hydrogen) atoms. The number of hydrogen-bond acceptors (Lipinski definition) is 8. The Morgan fingerprint density at radius 3 is 1.80 bits per heavy atom. The molecule has 6 amide bonds. The van der Waals surface area contributed by atoms with Gasteiger partial charge in [-0.1, -0.05) is 141 Å². The highest BCUT2D eigenvalue weighted by atomic mass is 35.5. The number of hydrazine groups is 1. The molecule has 2 aliphatic heterocycles. The second-order valence-electron chi connectivity index (χ2n) is 20.1. The SMILES string of the molecule is CCCC1C(=O)N(C(CC(c2ccc3ccccc3c2)C(Cc2ccc3ccccc3c2)C(=O)N(C)N2CCN(C(=O)C(N)Cc3ccc(Cl)cc3)C(CC)C2=O)C(=O)NC)CCN1C(=O)C(N)Cc1ccc(F)cc1. The van der Waals surface area contributed by atoms with Gasteiger partial charge in [-0.25, -0.2) is 9.40 Å². The highest BCUT2D eigenvalue weighted by molar-refractivity contribution is 6.30. The fraction of sp³-hybridized carbons (Fsp3) is 0.367. The average Bonchev–Trinajstić information content (AvgIpc) is 3.44. The predicted molar refractivity (Wildman–Crippen MR) is 294 cm³/mol. The van der Waals surface area contributed by atoms with Crippen LogP contribution in [0.2, 0.25) is 5.02 Å². The van der Waals surface area contributed by atoms with Crippen molar-refractivity contribution in [3.8, 4) is 0 Å². The summed E-state index contributed by atoms with van der Waals surface area (Å²) in [7, 11) is 3.09. The molecule has 7 atom stereocenters. The standard InChI is InChI=1S/C60H68ClFN8O6/c1-5-11-53-59(75)69(29-28-68(53)58(74)51(64)35-39-19-26-47(62)27-20-39)54(55(71)65-3)37-48(45-23-22-42-13-8-10-15-44(42)36-45)49(33-40-16-21-41-12-7-9-14-43(41)32-40)56(72)66(4)70-31-30-67(52(6-2)60(70)76)57(73)50(63)34-38-17-24-46(61)25-18-38/h7-10,12-27,32,36,48-54H,5-6,11,28-31,33-35,37,63-64H2,1-4H3,(H,65,71). The van der Waals surface area contributed by atoms with Crippen molar-refractivity contribution >= 4 is 68.6 Å². The number of carbonyl (C=O) groups is 6. The molecule has 16 heteroatoms. The van der Waals surface area contributed by atoms with E-state index >= 15 is 9.59 Å². The largest absolute Gasteiger partial charge is 0.357 e. The molecule has 0 bridgehead atoms. The number of piperazine rings is 2. The predicted octanol–water partition coefficient (Wildman–Crippen LogP) is 7.04. The third-order valence-electron chi connectivity index (χ3n) is 15.2. The van der Waals surface area contributed by atoms with Crippen molar-refractivity contribution in [2.45, 2.75) is 94.9 Å². The maximum atomic E-state index is 15.9. The summed E-state index contributed by atoms with van der Waals surface area (Å²) < 4.78 is 13.7. The number of likely N-dealkylation sites (N-methyl/N-ethyl adjacent to an activating group) is 1. The highest BCUT2D eigenvalue weighted by Crippen LogP contribution is 2.38. The quantitative estimate of drug-likeness (QED) is 0.0773. The summed E-state index contributed by atoms with van der Waals surface area (Å²) in [6, 6.07) is 35.9. The molecule has 2 saturated heterocycles. The van der Waals surface area contributed by atoms with Gasteiger partial charge in [-0.15, -0.1) is 0 Å². The molecule has 14 nitrogen and oxygen atoms in total. The van der Waals surface area contributed by atoms with E-state index in [2.05, 4.69) is 11.4 Å². The van der Waals surface area contributed by atoms with Crippen molar-refractivity contribution in [3.05, 3.63) is 167 Å². The Kier molecular flexibility index (Phi) is 17.8. The fourth-order valence-electron chi connectivity index (χ4n) is 11.1. The van der Waals surface area contributed by atoms with E-state index in [0.29, 0.717) is 23.4 Å². The van der Waals surface area contributed by atoms with Gasteiger partial charge in [-0.3, -0.25) is 33.8 Å². The molecule has 398 valence electrons. The number of nitrogens with one attached hydrogen (secondary N) is 1. The van der Waals surface area contributed by atoms with E-state index in [1.54, 1.807) is 36.2 Å². The van der Waals surface area contributed by atoms with Crippen LogP contribution in [0.1, 0.15) is 67.7 Å². The number of nitrogens with zero attached hydrogens (tertiary/aromatic N) is 5. The highest BCUT2D eigenvalue weighted by Gasteiger charge is 2.46. The monoisotopic (exact) mass is 1050 g/mol. The summed E-state index contributed by atoms with van der Waals surface area (Å²) in [6.07, 6.45) is 1.71. The molecule has 2 heterocycles. The lowest BCUT2D eigenvalue weighted by molar-refractivity contribution is -0.175. The summed E-state index contributed by atoms with van der Waals surface area (Å²) in [5.74, 6) is -4.53. The van der Waals surface area contributed by atoms with E-state index in [1.165, 1.54) is 39.0 Å². The lowest BCUT2D eigenvalue weighted by Crippen LogP contribution is -2.65. The van der Waals surface area contributed by atoms with E-state index < -0.39 is 77.4 Å². The third-order valence-corrected chi connectivity index (χ3v) is 15.5. The van der Waals surface area contributed by atoms with Crippen LogP contribution in [0.3, 0.4) is 0 Å². The maximum absolute atomic E-state index is 15.9. The first-order valence-electron chi connectivity index (χ1n) is 26.3. The molecule has 8 rings (SSSR count). The number of carbonyl (C=O) groups excluding carboxylic acids is 6. The van der Waals surface area contributed by atoms with E-state index in [0.717, 1.165) is 38.2 Å². The normalized spacial score (nSPS) is 18.1. The first-order valence-corrected chi connectivity index (χ1v) is 26.7. The van der Waals surface area contributed by atoms with Gasteiger partial charge in [0.05, 0.1) is 24.5 Å². The zero-order chi connectivity index (χ0) is 54.2. The maximum Gasteiger partial charge on any atom is 0.263 e. The van der Waals surface area contributed by atoms with Gasteiger partial charge in [0.1, 0.15) is 23.9 Å². The van der Waals surface area contributed by atoms with Crippen molar-refractivity contribution in [1.82, 2.24) is 30.0 Å². The van der Waals surface area contributed by atoms with Crippen molar-refractivity contribution in [2.75, 3.05) is 40.3 Å². The molecule has 0 spiro atoms. The van der Waals surface area contributed by atoms with Crippen LogP contribution in [0.5, 0.6) is 0 Å². The van der Waals surface area contributed by atoms with Crippen LogP contribution >= 0.6 is 11.6 Å². The smallest absolute Gasteiger partial charge is 0.263 e. The van der Waals surface area contributed by atoms with Crippen LogP contribution < -0.4 is 16.8 Å². The summed E-state index contributed by atoms with van der Waals surface area (Å²) in [5.41, 5.74) is 16.1. The van der Waals surface area contributed by atoms with Crippen molar-refractivity contribution < 1.29 is 33.2 Å².